The van der Waals surface area contributed by atoms with Crippen molar-refractivity contribution in [2.75, 3.05) is 23.9 Å². The molecule has 0 aromatic heterocycles. The molecule has 29 heavy (non-hydrogen) atoms. The van der Waals surface area contributed by atoms with E-state index in [9.17, 15) is 13.2 Å². The molecule has 0 atom stereocenters. The van der Waals surface area contributed by atoms with Crippen LogP contribution < -0.4 is 9.80 Å². The van der Waals surface area contributed by atoms with Crippen molar-refractivity contribution in [1.29, 1.82) is 0 Å². The number of hydrogen-bond acceptors (Lipinski definition) is 5. The van der Waals surface area contributed by atoms with E-state index >= 15 is 0 Å². The fourth-order valence-corrected chi connectivity index (χ4v) is 4.84. The first kappa shape index (κ1) is 19.0. The van der Waals surface area contributed by atoms with Gasteiger partial charge in [-0.05, 0) is 36.4 Å². The van der Waals surface area contributed by atoms with Crippen molar-refractivity contribution >= 4 is 32.7 Å². The zero-order chi connectivity index (χ0) is 20.6. The van der Waals surface area contributed by atoms with Crippen molar-refractivity contribution in [3.05, 3.63) is 95.5 Å². The van der Waals surface area contributed by atoms with E-state index in [0.29, 0.717) is 11.3 Å². The maximum atomic E-state index is 13.2. The Morgan fingerprint density at radius 3 is 2.10 bits per heavy atom. The van der Waals surface area contributed by atoms with Crippen molar-refractivity contribution in [2.45, 2.75) is 4.90 Å². The van der Waals surface area contributed by atoms with Gasteiger partial charge in [0.25, 0.3) is 0 Å². The highest BCUT2D eigenvalue weighted by Crippen LogP contribution is 2.40. The molecule has 0 spiro atoms. The Morgan fingerprint density at radius 1 is 0.828 bits per heavy atom. The highest BCUT2D eigenvalue weighted by molar-refractivity contribution is 7.96. The molecule has 0 radical (unpaired) electrons. The van der Waals surface area contributed by atoms with E-state index in [-0.39, 0.29) is 9.80 Å². The number of allylic oxidation sites excluding steroid dienone is 1. The van der Waals surface area contributed by atoms with Crippen LogP contribution in [0.5, 0.6) is 0 Å². The summed E-state index contributed by atoms with van der Waals surface area (Å²) in [4.78, 5) is 16.7. The van der Waals surface area contributed by atoms with Crippen LogP contribution in [0.1, 0.15) is 10.4 Å². The highest BCUT2D eigenvalue weighted by Gasteiger charge is 2.35. The smallest absolute Gasteiger partial charge is 0.214 e. The molecule has 5 nitrogen and oxygen atoms in total. The average molecular weight is 404 g/mol. The van der Waals surface area contributed by atoms with Gasteiger partial charge in [-0.15, -0.1) is 0 Å². The fourth-order valence-electron chi connectivity index (χ4n) is 3.30. The molecular weight excluding hydrogens is 384 g/mol. The van der Waals surface area contributed by atoms with E-state index in [4.69, 9.17) is 0 Å². The van der Waals surface area contributed by atoms with Crippen LogP contribution in [-0.4, -0.2) is 28.3 Å². The predicted molar refractivity (Wildman–Crippen MR) is 115 cm³/mol. The Balaban J connectivity index is 1.88. The molecule has 0 N–H and O–H groups in total. The summed E-state index contributed by atoms with van der Waals surface area (Å²) in [5.41, 5.74) is 2.66. The fraction of sp³-hybridized carbons (Fsp3) is 0.0870. The SMILES string of the molecule is CN(C)c1ccc(N2C=C(C(=O)c3ccccc3)S(=O)(=O)c3ccccc32)cc1. The first-order valence-corrected chi connectivity index (χ1v) is 10.6. The topological polar surface area (TPSA) is 57.7 Å². The Bertz CT molecular complexity index is 1200. The van der Waals surface area contributed by atoms with Crippen molar-refractivity contribution in [2.24, 2.45) is 0 Å². The quantitative estimate of drug-likeness (QED) is 0.603. The number of carbonyl (C=O) groups is 1. The van der Waals surface area contributed by atoms with Gasteiger partial charge in [0.1, 0.15) is 4.91 Å². The lowest BCUT2D eigenvalue weighted by molar-refractivity contribution is 0.104. The number of carbonyl (C=O) groups excluding carboxylic acids is 1. The molecule has 1 heterocycles. The van der Waals surface area contributed by atoms with Gasteiger partial charge in [0.05, 0.1) is 10.6 Å². The van der Waals surface area contributed by atoms with Crippen LogP contribution in [0.4, 0.5) is 17.1 Å². The Labute approximate surface area is 170 Å². The van der Waals surface area contributed by atoms with E-state index in [0.717, 1.165) is 11.4 Å². The molecule has 3 aromatic rings. The number of benzene rings is 3. The predicted octanol–water partition coefficient (Wildman–Crippen LogP) is 4.40. The summed E-state index contributed by atoms with van der Waals surface area (Å²) in [6.07, 6.45) is 1.43. The molecule has 3 aromatic carbocycles. The Hall–Kier alpha value is -3.38. The first-order chi connectivity index (χ1) is 13.9. The van der Waals surface area contributed by atoms with Crippen LogP contribution in [0.15, 0.2) is 94.9 Å². The van der Waals surface area contributed by atoms with E-state index < -0.39 is 15.6 Å². The lowest BCUT2D eigenvalue weighted by Gasteiger charge is -2.29. The lowest BCUT2D eigenvalue weighted by atomic mass is 10.1. The minimum Gasteiger partial charge on any atom is -0.378 e. The standard InChI is InChI=1S/C23H20N2O3S/c1-24(2)18-12-14-19(15-13-18)25-16-22(23(26)17-8-4-3-5-9-17)29(27,28)21-11-7-6-10-20(21)25/h3-16H,1-2H3. The highest BCUT2D eigenvalue weighted by atomic mass is 32.2. The van der Waals surface area contributed by atoms with Crippen molar-refractivity contribution < 1.29 is 13.2 Å². The number of sulfone groups is 1. The van der Waals surface area contributed by atoms with E-state index in [1.165, 1.54) is 12.3 Å². The molecule has 0 unspecified atom stereocenters. The maximum Gasteiger partial charge on any atom is 0.214 e. The largest absolute Gasteiger partial charge is 0.378 e. The second kappa shape index (κ2) is 7.22. The summed E-state index contributed by atoms with van der Waals surface area (Å²) in [7, 11) is -0.0257. The van der Waals surface area contributed by atoms with Crippen LogP contribution in [-0.2, 0) is 9.84 Å². The third kappa shape index (κ3) is 3.32. The summed E-state index contributed by atoms with van der Waals surface area (Å²) in [6, 6.07) is 22.9. The number of nitrogens with zero attached hydrogens (tertiary/aromatic N) is 2. The summed E-state index contributed by atoms with van der Waals surface area (Å²) in [6.45, 7) is 0. The molecule has 1 aliphatic rings. The second-order valence-electron chi connectivity index (χ2n) is 6.94. The van der Waals surface area contributed by atoms with Crippen molar-refractivity contribution in [3.8, 4) is 0 Å². The van der Waals surface area contributed by atoms with Gasteiger partial charge in [0, 0.05) is 37.2 Å². The third-order valence-electron chi connectivity index (χ3n) is 4.85. The molecular formula is C23H20N2O3S. The van der Waals surface area contributed by atoms with Gasteiger partial charge in [-0.25, -0.2) is 8.42 Å². The molecule has 6 heteroatoms. The van der Waals surface area contributed by atoms with Gasteiger partial charge < -0.3 is 9.80 Å². The number of anilines is 3. The Morgan fingerprint density at radius 2 is 1.45 bits per heavy atom. The summed E-state index contributed by atoms with van der Waals surface area (Å²) in [5.74, 6) is -0.519. The van der Waals surface area contributed by atoms with Crippen LogP contribution in [0.3, 0.4) is 0 Å². The van der Waals surface area contributed by atoms with Gasteiger partial charge in [-0.3, -0.25) is 4.79 Å². The number of ketones is 1. The normalized spacial score (nSPS) is 14.7. The summed E-state index contributed by atoms with van der Waals surface area (Å²) >= 11 is 0. The summed E-state index contributed by atoms with van der Waals surface area (Å²) in [5, 5.41) is 0. The van der Waals surface area contributed by atoms with Crippen LogP contribution in [0.2, 0.25) is 0 Å². The molecule has 0 saturated heterocycles. The molecule has 0 amide bonds. The maximum absolute atomic E-state index is 13.2. The minimum atomic E-state index is -3.93. The number of rotatable bonds is 4. The first-order valence-electron chi connectivity index (χ1n) is 9.12. The van der Waals surface area contributed by atoms with Gasteiger partial charge >= 0.3 is 0 Å². The van der Waals surface area contributed by atoms with E-state index in [2.05, 4.69) is 0 Å². The average Bonchev–Trinajstić information content (AvgIpc) is 2.74. The minimum absolute atomic E-state index is 0.124. The van der Waals surface area contributed by atoms with Gasteiger partial charge in [-0.2, -0.15) is 0 Å². The molecule has 0 fully saturated rings. The zero-order valence-corrected chi connectivity index (χ0v) is 16.9. The van der Waals surface area contributed by atoms with Gasteiger partial charge in [-0.1, -0.05) is 42.5 Å². The summed E-state index contributed by atoms with van der Waals surface area (Å²) < 4.78 is 26.4. The van der Waals surface area contributed by atoms with E-state index in [1.807, 2.05) is 43.3 Å². The molecule has 146 valence electrons. The van der Waals surface area contributed by atoms with Crippen LogP contribution >= 0.6 is 0 Å². The molecule has 0 aliphatic carbocycles. The van der Waals surface area contributed by atoms with Crippen molar-refractivity contribution in [1.82, 2.24) is 0 Å². The van der Waals surface area contributed by atoms with Crippen molar-refractivity contribution in [3.63, 3.8) is 0 Å². The number of Topliss-reactive ketones (excluding diaryl/α,β-unsaturated/α-hetero) is 1. The Kier molecular flexibility index (Phi) is 4.72. The van der Waals surface area contributed by atoms with E-state index in [1.54, 1.807) is 53.4 Å². The second-order valence-corrected chi connectivity index (χ2v) is 8.83. The molecule has 1 aliphatic heterocycles. The third-order valence-corrected chi connectivity index (χ3v) is 6.65. The number of fused-ring (bicyclic) bond motifs is 1. The molecule has 4 rings (SSSR count). The number of para-hydroxylation sites is 1. The zero-order valence-electron chi connectivity index (χ0n) is 16.1. The monoisotopic (exact) mass is 404 g/mol. The molecule has 0 bridgehead atoms. The van der Waals surface area contributed by atoms with Gasteiger partial charge in [0.2, 0.25) is 15.6 Å². The molecule has 0 saturated carbocycles. The lowest BCUT2D eigenvalue weighted by Crippen LogP contribution is -2.25. The van der Waals surface area contributed by atoms with Crippen LogP contribution in [0, 0.1) is 0 Å². The van der Waals surface area contributed by atoms with Crippen LogP contribution in [0.25, 0.3) is 0 Å². The van der Waals surface area contributed by atoms with Gasteiger partial charge in [0.15, 0.2) is 0 Å². The number of hydrogen-bond donors (Lipinski definition) is 0.